The van der Waals surface area contributed by atoms with Crippen molar-refractivity contribution in [1.29, 1.82) is 0 Å². The van der Waals surface area contributed by atoms with E-state index in [2.05, 4.69) is 6.58 Å². The van der Waals surface area contributed by atoms with Gasteiger partial charge in [-0.05, 0) is 5.56 Å². The number of rotatable bonds is 4. The quantitative estimate of drug-likeness (QED) is 0.407. The summed E-state index contributed by atoms with van der Waals surface area (Å²) < 4.78 is 0. The Kier molecular flexibility index (Phi) is 4.29. The third-order valence-electron chi connectivity index (χ3n) is 4.03. The smallest absolute Gasteiger partial charge is 0.295 e. The summed E-state index contributed by atoms with van der Waals surface area (Å²) >= 11 is 0. The highest BCUT2D eigenvalue weighted by molar-refractivity contribution is 6.46. The maximum Gasteiger partial charge on any atom is 0.295 e. The van der Waals surface area contributed by atoms with Crippen LogP contribution in [0.2, 0.25) is 0 Å². The van der Waals surface area contributed by atoms with E-state index in [1.165, 1.54) is 4.90 Å². The maximum absolute atomic E-state index is 12.5. The molecule has 0 spiro atoms. The highest BCUT2D eigenvalue weighted by Gasteiger charge is 2.45. The molecule has 3 rings (SSSR count). The molecule has 120 valence electrons. The van der Waals surface area contributed by atoms with E-state index >= 15 is 0 Å². The van der Waals surface area contributed by atoms with Crippen molar-refractivity contribution in [2.45, 2.75) is 6.04 Å². The number of likely N-dealkylation sites (tertiary alicyclic amines) is 1. The molecule has 0 aliphatic carbocycles. The number of ketones is 1. The first-order chi connectivity index (χ1) is 11.6. The van der Waals surface area contributed by atoms with E-state index in [-0.39, 0.29) is 17.9 Å². The number of amides is 1. The van der Waals surface area contributed by atoms with Crippen molar-refractivity contribution in [2.24, 2.45) is 0 Å². The van der Waals surface area contributed by atoms with Gasteiger partial charge in [0.1, 0.15) is 5.76 Å². The Morgan fingerprint density at radius 2 is 1.62 bits per heavy atom. The number of carbonyl (C=O) groups is 2. The molecule has 4 nitrogen and oxygen atoms in total. The molecule has 2 aromatic carbocycles. The van der Waals surface area contributed by atoms with Crippen molar-refractivity contribution in [1.82, 2.24) is 4.90 Å². The van der Waals surface area contributed by atoms with Crippen LogP contribution in [0.25, 0.3) is 5.76 Å². The zero-order valence-corrected chi connectivity index (χ0v) is 13.1. The predicted octanol–water partition coefficient (Wildman–Crippen LogP) is 3.29. The van der Waals surface area contributed by atoms with Gasteiger partial charge in [-0.1, -0.05) is 66.7 Å². The van der Waals surface area contributed by atoms with E-state index < -0.39 is 17.7 Å². The molecule has 0 aromatic heterocycles. The fourth-order valence-corrected chi connectivity index (χ4v) is 2.94. The third kappa shape index (κ3) is 2.63. The molecule has 1 N–H and O–H groups in total. The lowest BCUT2D eigenvalue weighted by Gasteiger charge is -2.24. The third-order valence-corrected chi connectivity index (χ3v) is 4.03. The second-order valence-corrected chi connectivity index (χ2v) is 5.52. The minimum absolute atomic E-state index is 0.110. The molecule has 1 saturated heterocycles. The number of nitrogens with zero attached hydrogens (tertiary/aromatic N) is 1. The molecule has 0 saturated carbocycles. The minimum Gasteiger partial charge on any atom is -0.507 e. The summed E-state index contributed by atoms with van der Waals surface area (Å²) in [7, 11) is 0. The Morgan fingerprint density at radius 1 is 1.04 bits per heavy atom. The van der Waals surface area contributed by atoms with Crippen molar-refractivity contribution in [3.8, 4) is 0 Å². The van der Waals surface area contributed by atoms with E-state index in [1.54, 1.807) is 30.3 Å². The predicted molar refractivity (Wildman–Crippen MR) is 92.1 cm³/mol. The first-order valence-electron chi connectivity index (χ1n) is 7.65. The van der Waals surface area contributed by atoms with E-state index in [1.807, 2.05) is 36.4 Å². The monoisotopic (exact) mass is 319 g/mol. The molecule has 1 fully saturated rings. The Balaban J connectivity index is 2.20. The minimum atomic E-state index is -0.674. The average Bonchev–Trinajstić information content (AvgIpc) is 2.88. The van der Waals surface area contributed by atoms with Gasteiger partial charge < -0.3 is 10.0 Å². The van der Waals surface area contributed by atoms with Gasteiger partial charge in [-0.3, -0.25) is 9.59 Å². The van der Waals surface area contributed by atoms with Gasteiger partial charge >= 0.3 is 0 Å². The summed E-state index contributed by atoms with van der Waals surface area (Å²) in [5.41, 5.74) is 1.39. The summed E-state index contributed by atoms with van der Waals surface area (Å²) in [5, 5.41) is 10.7. The van der Waals surface area contributed by atoms with E-state index in [0.29, 0.717) is 5.56 Å². The van der Waals surface area contributed by atoms with Gasteiger partial charge in [0.15, 0.2) is 0 Å². The summed E-state index contributed by atoms with van der Waals surface area (Å²) in [6.07, 6.45) is 1.57. The van der Waals surface area contributed by atoms with E-state index in [0.717, 1.165) is 5.56 Å². The van der Waals surface area contributed by atoms with Gasteiger partial charge in [-0.2, -0.15) is 0 Å². The fraction of sp³-hybridized carbons (Fsp3) is 0.100. The zero-order valence-electron chi connectivity index (χ0n) is 13.1. The Hall–Kier alpha value is -3.14. The van der Waals surface area contributed by atoms with Gasteiger partial charge in [0, 0.05) is 12.1 Å². The van der Waals surface area contributed by atoms with Gasteiger partial charge in [0.05, 0.1) is 11.6 Å². The molecule has 1 aliphatic rings. The molecule has 1 aliphatic heterocycles. The molecular formula is C20H17NO3. The zero-order chi connectivity index (χ0) is 17.1. The SMILES string of the molecule is C=CCN1C(=O)C(=O)/C(=C(/O)c2ccccc2)C1c1ccccc1. The van der Waals surface area contributed by atoms with E-state index in [4.69, 9.17) is 0 Å². The van der Waals surface area contributed by atoms with Crippen LogP contribution in [-0.4, -0.2) is 28.2 Å². The summed E-state index contributed by atoms with van der Waals surface area (Å²) in [4.78, 5) is 26.4. The van der Waals surface area contributed by atoms with Crippen molar-refractivity contribution in [3.05, 3.63) is 90.0 Å². The topological polar surface area (TPSA) is 57.6 Å². The highest BCUT2D eigenvalue weighted by atomic mass is 16.3. The van der Waals surface area contributed by atoms with Crippen LogP contribution in [0.4, 0.5) is 0 Å². The van der Waals surface area contributed by atoms with E-state index in [9.17, 15) is 14.7 Å². The molecule has 1 heterocycles. The molecule has 2 aromatic rings. The molecule has 1 amide bonds. The summed E-state index contributed by atoms with van der Waals surface area (Å²) in [5.74, 6) is -1.46. The Labute approximate surface area is 140 Å². The Bertz CT molecular complexity index is 809. The van der Waals surface area contributed by atoms with Gasteiger partial charge in [-0.25, -0.2) is 0 Å². The van der Waals surface area contributed by atoms with Crippen LogP contribution in [0.3, 0.4) is 0 Å². The number of hydrogen-bond acceptors (Lipinski definition) is 3. The van der Waals surface area contributed by atoms with Crippen LogP contribution in [0.15, 0.2) is 78.9 Å². The van der Waals surface area contributed by atoms with Crippen molar-refractivity contribution < 1.29 is 14.7 Å². The van der Waals surface area contributed by atoms with Crippen LogP contribution < -0.4 is 0 Å². The lowest BCUT2D eigenvalue weighted by atomic mass is 9.95. The number of aliphatic hydroxyl groups excluding tert-OH is 1. The van der Waals surface area contributed by atoms with Crippen LogP contribution >= 0.6 is 0 Å². The standard InChI is InChI=1S/C20H17NO3/c1-2-13-21-17(14-9-5-3-6-10-14)16(19(23)20(21)24)18(22)15-11-7-4-8-12-15/h2-12,17,22H,1,13H2/b18-16+. The van der Waals surface area contributed by atoms with Gasteiger partial charge in [-0.15, -0.1) is 6.58 Å². The number of aliphatic hydroxyl groups is 1. The van der Waals surface area contributed by atoms with Crippen LogP contribution in [0, 0.1) is 0 Å². The van der Waals surface area contributed by atoms with Gasteiger partial charge in [0.2, 0.25) is 0 Å². The lowest BCUT2D eigenvalue weighted by molar-refractivity contribution is -0.139. The van der Waals surface area contributed by atoms with Crippen LogP contribution in [-0.2, 0) is 9.59 Å². The summed E-state index contributed by atoms with van der Waals surface area (Å²) in [6.45, 7) is 3.89. The summed E-state index contributed by atoms with van der Waals surface area (Å²) in [6, 6.07) is 17.4. The fourth-order valence-electron chi connectivity index (χ4n) is 2.94. The highest BCUT2D eigenvalue weighted by Crippen LogP contribution is 2.38. The molecule has 0 radical (unpaired) electrons. The number of hydrogen-bond donors (Lipinski definition) is 1. The number of benzene rings is 2. The molecular weight excluding hydrogens is 302 g/mol. The maximum atomic E-state index is 12.5. The van der Waals surface area contributed by atoms with Crippen molar-refractivity contribution >= 4 is 17.4 Å². The second kappa shape index (κ2) is 6.54. The van der Waals surface area contributed by atoms with Crippen molar-refractivity contribution in [3.63, 3.8) is 0 Å². The lowest BCUT2D eigenvalue weighted by Crippen LogP contribution is -2.29. The second-order valence-electron chi connectivity index (χ2n) is 5.52. The molecule has 1 atom stereocenters. The largest absolute Gasteiger partial charge is 0.507 e. The first kappa shape index (κ1) is 15.7. The Morgan fingerprint density at radius 3 is 2.21 bits per heavy atom. The molecule has 4 heteroatoms. The normalized spacial score (nSPS) is 19.5. The molecule has 1 unspecified atom stereocenters. The average molecular weight is 319 g/mol. The first-order valence-corrected chi connectivity index (χ1v) is 7.65. The number of Topliss-reactive ketones (excluding diaryl/α,β-unsaturated/α-hetero) is 1. The van der Waals surface area contributed by atoms with Crippen molar-refractivity contribution in [2.75, 3.05) is 6.54 Å². The number of carbonyl (C=O) groups excluding carboxylic acids is 2. The molecule has 24 heavy (non-hydrogen) atoms. The van der Waals surface area contributed by atoms with Crippen LogP contribution in [0.5, 0.6) is 0 Å². The molecule has 0 bridgehead atoms. The van der Waals surface area contributed by atoms with Crippen LogP contribution in [0.1, 0.15) is 17.2 Å². The van der Waals surface area contributed by atoms with Gasteiger partial charge in [0.25, 0.3) is 11.7 Å².